The Bertz CT molecular complexity index is 351. The Balaban J connectivity index is 1.80. The van der Waals surface area contributed by atoms with Gasteiger partial charge in [0, 0.05) is 20.1 Å². The number of benzene rings is 1. The van der Waals surface area contributed by atoms with Crippen molar-refractivity contribution in [3.05, 3.63) is 35.9 Å². The summed E-state index contributed by atoms with van der Waals surface area (Å²) in [5, 5.41) is 0. The quantitative estimate of drug-likeness (QED) is 0.783. The van der Waals surface area contributed by atoms with Gasteiger partial charge in [-0.15, -0.1) is 0 Å². The molecule has 1 aromatic rings. The summed E-state index contributed by atoms with van der Waals surface area (Å²) in [5.41, 5.74) is 0.991. The van der Waals surface area contributed by atoms with Gasteiger partial charge < -0.3 is 9.47 Å². The van der Waals surface area contributed by atoms with Crippen molar-refractivity contribution in [2.45, 2.75) is 19.3 Å². The van der Waals surface area contributed by atoms with E-state index in [4.69, 9.17) is 9.47 Å². The van der Waals surface area contributed by atoms with Crippen LogP contribution >= 0.6 is 0 Å². The van der Waals surface area contributed by atoms with Crippen LogP contribution in [0.4, 0.5) is 4.79 Å². The molecular weight excluding hydrogens is 206 g/mol. The summed E-state index contributed by atoms with van der Waals surface area (Å²) in [7, 11) is 1.60. The van der Waals surface area contributed by atoms with E-state index in [-0.39, 0.29) is 12.3 Å². The molecule has 4 heteroatoms. The van der Waals surface area contributed by atoms with E-state index in [1.54, 1.807) is 12.0 Å². The maximum absolute atomic E-state index is 11.6. The lowest BCUT2D eigenvalue weighted by atomic mass is 10.2. The second kappa shape index (κ2) is 4.99. The highest BCUT2D eigenvalue weighted by Gasteiger charge is 2.33. The third kappa shape index (κ3) is 2.33. The van der Waals surface area contributed by atoms with Crippen LogP contribution in [0.2, 0.25) is 0 Å². The van der Waals surface area contributed by atoms with E-state index < -0.39 is 0 Å². The number of hydrogen-bond acceptors (Lipinski definition) is 3. The van der Waals surface area contributed by atoms with Crippen molar-refractivity contribution < 1.29 is 14.3 Å². The number of ether oxygens (including phenoxy) is 2. The van der Waals surface area contributed by atoms with Gasteiger partial charge in [0.05, 0.1) is 0 Å². The molecule has 1 saturated heterocycles. The highest BCUT2D eigenvalue weighted by molar-refractivity contribution is 5.68. The molecule has 1 aromatic carbocycles. The SMILES string of the molecule is CO[C@H]1CCN1C(=O)OCc1ccccc1. The fraction of sp³-hybridized carbons (Fsp3) is 0.417. The molecule has 0 saturated carbocycles. The Kier molecular flexibility index (Phi) is 3.41. The van der Waals surface area contributed by atoms with E-state index in [2.05, 4.69) is 0 Å². The van der Waals surface area contributed by atoms with Gasteiger partial charge in [-0.25, -0.2) is 4.79 Å². The second-order valence-electron chi connectivity index (χ2n) is 3.71. The molecule has 2 rings (SSSR count). The summed E-state index contributed by atoms with van der Waals surface area (Å²) in [6.45, 7) is 1.03. The summed E-state index contributed by atoms with van der Waals surface area (Å²) >= 11 is 0. The first kappa shape index (κ1) is 11.0. The third-order valence-electron chi connectivity index (χ3n) is 2.68. The maximum Gasteiger partial charge on any atom is 0.412 e. The molecule has 16 heavy (non-hydrogen) atoms. The van der Waals surface area contributed by atoms with Gasteiger partial charge in [0.25, 0.3) is 0 Å². The van der Waals surface area contributed by atoms with Crippen LogP contribution in [0.5, 0.6) is 0 Å². The number of methoxy groups -OCH3 is 1. The van der Waals surface area contributed by atoms with E-state index in [1.807, 2.05) is 30.3 Å². The minimum atomic E-state index is -0.304. The van der Waals surface area contributed by atoms with Gasteiger partial charge in [0.1, 0.15) is 12.8 Å². The summed E-state index contributed by atoms with van der Waals surface area (Å²) < 4.78 is 10.3. The number of carbonyl (C=O) groups excluding carboxylic acids is 1. The van der Waals surface area contributed by atoms with E-state index in [0.29, 0.717) is 13.2 Å². The molecule has 4 nitrogen and oxygen atoms in total. The molecule has 0 N–H and O–H groups in total. The molecule has 0 aromatic heterocycles. The molecule has 0 aliphatic carbocycles. The van der Waals surface area contributed by atoms with E-state index >= 15 is 0 Å². The standard InChI is InChI=1S/C12H15NO3/c1-15-11-7-8-13(11)12(14)16-9-10-5-3-2-4-6-10/h2-6,11H,7-9H2,1H3/t11-/m0/s1. The van der Waals surface area contributed by atoms with Crippen molar-refractivity contribution in [2.24, 2.45) is 0 Å². The van der Waals surface area contributed by atoms with E-state index in [1.165, 1.54) is 0 Å². The van der Waals surface area contributed by atoms with Gasteiger partial charge in [-0.1, -0.05) is 30.3 Å². The molecule has 1 aliphatic heterocycles. The van der Waals surface area contributed by atoms with Crippen LogP contribution in [0, 0.1) is 0 Å². The molecule has 1 heterocycles. The molecule has 0 unspecified atom stereocenters. The predicted octanol–water partition coefficient (Wildman–Crippen LogP) is 2.00. The first-order valence-electron chi connectivity index (χ1n) is 5.31. The van der Waals surface area contributed by atoms with Crippen LogP contribution in [0.25, 0.3) is 0 Å². The third-order valence-corrected chi connectivity index (χ3v) is 2.68. The second-order valence-corrected chi connectivity index (χ2v) is 3.71. The van der Waals surface area contributed by atoms with Gasteiger partial charge in [0.2, 0.25) is 0 Å². The summed E-state index contributed by atoms with van der Waals surface area (Å²) in [5.74, 6) is 0. The number of carbonyl (C=O) groups is 1. The molecule has 1 aliphatic rings. The van der Waals surface area contributed by atoms with Crippen LogP contribution in [-0.2, 0) is 16.1 Å². The smallest absolute Gasteiger partial charge is 0.412 e. The molecule has 0 spiro atoms. The predicted molar refractivity (Wildman–Crippen MR) is 58.7 cm³/mol. The summed E-state index contributed by atoms with van der Waals surface area (Å²) in [6.07, 6.45) is 0.474. The van der Waals surface area contributed by atoms with Crippen LogP contribution in [0.3, 0.4) is 0 Å². The molecular formula is C12H15NO3. The summed E-state index contributed by atoms with van der Waals surface area (Å²) in [6, 6.07) is 9.63. The summed E-state index contributed by atoms with van der Waals surface area (Å²) in [4.78, 5) is 13.2. The first-order valence-corrected chi connectivity index (χ1v) is 5.31. The van der Waals surface area contributed by atoms with Gasteiger partial charge in [0.15, 0.2) is 0 Å². The Labute approximate surface area is 94.8 Å². The van der Waals surface area contributed by atoms with Crippen molar-refractivity contribution in [3.63, 3.8) is 0 Å². The fourth-order valence-corrected chi connectivity index (χ4v) is 1.62. The Morgan fingerprint density at radius 2 is 2.19 bits per heavy atom. The average Bonchev–Trinajstić information content (AvgIpc) is 2.27. The van der Waals surface area contributed by atoms with Crippen molar-refractivity contribution in [2.75, 3.05) is 13.7 Å². The molecule has 86 valence electrons. The number of rotatable bonds is 3. The lowest BCUT2D eigenvalue weighted by molar-refractivity contribution is -0.0893. The van der Waals surface area contributed by atoms with E-state index in [0.717, 1.165) is 12.0 Å². The molecule has 0 bridgehead atoms. The first-order chi connectivity index (χ1) is 7.81. The van der Waals surface area contributed by atoms with Gasteiger partial charge in [-0.05, 0) is 5.56 Å². The lowest BCUT2D eigenvalue weighted by Crippen LogP contribution is -2.52. The fourth-order valence-electron chi connectivity index (χ4n) is 1.62. The molecule has 1 amide bonds. The monoisotopic (exact) mass is 221 g/mol. The maximum atomic E-state index is 11.6. The number of hydrogen-bond donors (Lipinski definition) is 0. The minimum Gasteiger partial charge on any atom is -0.444 e. The zero-order valence-corrected chi connectivity index (χ0v) is 9.26. The molecule has 1 atom stereocenters. The lowest BCUT2D eigenvalue weighted by Gasteiger charge is -2.38. The van der Waals surface area contributed by atoms with Gasteiger partial charge in [-0.2, -0.15) is 0 Å². The van der Waals surface area contributed by atoms with Crippen LogP contribution in [0.15, 0.2) is 30.3 Å². The Morgan fingerprint density at radius 3 is 2.75 bits per heavy atom. The topological polar surface area (TPSA) is 38.8 Å². The Hall–Kier alpha value is -1.55. The zero-order valence-electron chi connectivity index (χ0n) is 9.26. The van der Waals surface area contributed by atoms with Gasteiger partial charge >= 0.3 is 6.09 Å². The van der Waals surface area contributed by atoms with E-state index in [9.17, 15) is 4.79 Å². The highest BCUT2D eigenvalue weighted by atomic mass is 16.6. The molecule has 1 fully saturated rings. The number of likely N-dealkylation sites (tertiary alicyclic amines) is 1. The highest BCUT2D eigenvalue weighted by Crippen LogP contribution is 2.19. The van der Waals surface area contributed by atoms with Crippen molar-refractivity contribution in [1.82, 2.24) is 4.90 Å². The average molecular weight is 221 g/mol. The van der Waals surface area contributed by atoms with Crippen LogP contribution in [0.1, 0.15) is 12.0 Å². The largest absolute Gasteiger partial charge is 0.444 e. The van der Waals surface area contributed by atoms with Gasteiger partial charge in [-0.3, -0.25) is 4.90 Å². The van der Waals surface area contributed by atoms with Crippen LogP contribution < -0.4 is 0 Å². The normalized spacial score (nSPS) is 19.1. The van der Waals surface area contributed by atoms with Crippen molar-refractivity contribution in [1.29, 1.82) is 0 Å². The number of nitrogens with zero attached hydrogens (tertiary/aromatic N) is 1. The zero-order chi connectivity index (χ0) is 11.4. The minimum absolute atomic E-state index is 0.108. The van der Waals surface area contributed by atoms with Crippen LogP contribution in [-0.4, -0.2) is 30.9 Å². The Morgan fingerprint density at radius 1 is 1.44 bits per heavy atom. The van der Waals surface area contributed by atoms with Crippen molar-refractivity contribution >= 4 is 6.09 Å². The molecule has 0 radical (unpaired) electrons. The number of amides is 1. The van der Waals surface area contributed by atoms with Crippen molar-refractivity contribution in [3.8, 4) is 0 Å².